The Balaban J connectivity index is 1.71. The summed E-state index contributed by atoms with van der Waals surface area (Å²) in [6.07, 6.45) is 3.01. The molecular formula is C16H18N2O2S. The molecule has 0 aromatic carbocycles. The highest BCUT2D eigenvalue weighted by molar-refractivity contribution is 7.16. The SMILES string of the molecule is Cc1ccc([C@@H]2NC(=O)c3c(sc4c3CC[C@@H](C)C4)N2)o1. The summed E-state index contributed by atoms with van der Waals surface area (Å²) in [5, 5.41) is 7.43. The zero-order valence-electron chi connectivity index (χ0n) is 12.2. The minimum atomic E-state index is -0.267. The van der Waals surface area contributed by atoms with E-state index in [1.165, 1.54) is 16.9 Å². The monoisotopic (exact) mass is 302 g/mol. The maximum atomic E-state index is 12.5. The number of fused-ring (bicyclic) bond motifs is 3. The largest absolute Gasteiger partial charge is 0.462 e. The third-order valence-corrected chi connectivity index (χ3v) is 5.52. The van der Waals surface area contributed by atoms with Crippen LogP contribution in [0.25, 0.3) is 0 Å². The average Bonchev–Trinajstić information content (AvgIpc) is 3.01. The zero-order valence-corrected chi connectivity index (χ0v) is 13.0. The average molecular weight is 302 g/mol. The first-order valence-corrected chi connectivity index (χ1v) is 8.21. The van der Waals surface area contributed by atoms with E-state index in [0.29, 0.717) is 5.92 Å². The van der Waals surface area contributed by atoms with Gasteiger partial charge in [0.05, 0.1) is 5.56 Å². The predicted octanol–water partition coefficient (Wildman–Crippen LogP) is 3.63. The fourth-order valence-corrected chi connectivity index (χ4v) is 4.65. The van der Waals surface area contributed by atoms with E-state index in [-0.39, 0.29) is 12.1 Å². The van der Waals surface area contributed by atoms with Crippen LogP contribution in [0.2, 0.25) is 0 Å². The standard InChI is InChI=1S/C16H18N2O2S/c1-8-3-5-10-12(7-8)21-16-13(10)15(19)17-14(18-16)11-6-4-9(2)20-11/h4,6,8,14,18H,3,5,7H2,1-2H3,(H,17,19)/t8-,14-/m1/s1. The highest BCUT2D eigenvalue weighted by Gasteiger charge is 2.33. The minimum Gasteiger partial charge on any atom is -0.462 e. The van der Waals surface area contributed by atoms with Crippen LogP contribution in [-0.4, -0.2) is 5.91 Å². The Labute approximate surface area is 127 Å². The molecule has 1 aliphatic heterocycles. The molecule has 0 unspecified atom stereocenters. The van der Waals surface area contributed by atoms with Crippen LogP contribution in [0.1, 0.15) is 51.8 Å². The van der Waals surface area contributed by atoms with Gasteiger partial charge in [0.15, 0.2) is 6.17 Å². The molecule has 5 heteroatoms. The van der Waals surface area contributed by atoms with Gasteiger partial charge in [-0.3, -0.25) is 4.79 Å². The number of hydrogen-bond acceptors (Lipinski definition) is 4. The van der Waals surface area contributed by atoms with E-state index >= 15 is 0 Å². The fourth-order valence-electron chi connectivity index (χ4n) is 3.21. The van der Waals surface area contributed by atoms with Crippen molar-refractivity contribution in [1.29, 1.82) is 0 Å². The molecule has 0 spiro atoms. The van der Waals surface area contributed by atoms with Crippen LogP contribution < -0.4 is 10.6 Å². The number of rotatable bonds is 1. The summed E-state index contributed by atoms with van der Waals surface area (Å²) < 4.78 is 5.63. The quantitative estimate of drug-likeness (QED) is 0.846. The number of amides is 1. The lowest BCUT2D eigenvalue weighted by Gasteiger charge is -2.25. The number of thiophene rings is 1. The third-order valence-electron chi connectivity index (χ3n) is 4.34. The van der Waals surface area contributed by atoms with Gasteiger partial charge >= 0.3 is 0 Å². The molecule has 4 rings (SSSR count). The zero-order chi connectivity index (χ0) is 14.6. The lowest BCUT2D eigenvalue weighted by molar-refractivity contribution is 0.0930. The first-order chi connectivity index (χ1) is 10.1. The van der Waals surface area contributed by atoms with Crippen molar-refractivity contribution in [3.05, 3.63) is 39.7 Å². The maximum Gasteiger partial charge on any atom is 0.256 e. The van der Waals surface area contributed by atoms with E-state index < -0.39 is 0 Å². The Morgan fingerprint density at radius 1 is 1.33 bits per heavy atom. The van der Waals surface area contributed by atoms with Gasteiger partial charge in [-0.2, -0.15) is 0 Å². The van der Waals surface area contributed by atoms with Crippen molar-refractivity contribution >= 4 is 22.2 Å². The molecule has 2 N–H and O–H groups in total. The molecular weight excluding hydrogens is 284 g/mol. The van der Waals surface area contributed by atoms with Crippen molar-refractivity contribution in [2.75, 3.05) is 5.32 Å². The summed E-state index contributed by atoms with van der Waals surface area (Å²) in [5.41, 5.74) is 2.12. The Morgan fingerprint density at radius 2 is 2.19 bits per heavy atom. The molecule has 2 aromatic heterocycles. The smallest absolute Gasteiger partial charge is 0.256 e. The minimum absolute atomic E-state index is 0.0230. The van der Waals surface area contributed by atoms with Gasteiger partial charge in [0.2, 0.25) is 0 Å². The van der Waals surface area contributed by atoms with Gasteiger partial charge in [0.25, 0.3) is 5.91 Å². The molecule has 0 radical (unpaired) electrons. The molecule has 2 aromatic rings. The molecule has 1 aliphatic carbocycles. The second-order valence-corrected chi connectivity index (χ2v) is 7.16. The molecule has 4 nitrogen and oxygen atoms in total. The van der Waals surface area contributed by atoms with Crippen LogP contribution in [0, 0.1) is 12.8 Å². The molecule has 2 atom stereocenters. The summed E-state index contributed by atoms with van der Waals surface area (Å²) in [6.45, 7) is 4.19. The van der Waals surface area contributed by atoms with Crippen molar-refractivity contribution < 1.29 is 9.21 Å². The summed E-state index contributed by atoms with van der Waals surface area (Å²) in [6, 6.07) is 3.83. The fraction of sp³-hybridized carbons (Fsp3) is 0.438. The molecule has 3 heterocycles. The van der Waals surface area contributed by atoms with Crippen LogP contribution in [0.3, 0.4) is 0 Å². The predicted molar refractivity (Wildman–Crippen MR) is 82.8 cm³/mol. The van der Waals surface area contributed by atoms with Gasteiger partial charge in [-0.05, 0) is 49.8 Å². The van der Waals surface area contributed by atoms with E-state index in [1.807, 2.05) is 19.1 Å². The number of furan rings is 1. The molecule has 0 saturated carbocycles. The van der Waals surface area contributed by atoms with Gasteiger partial charge in [0.1, 0.15) is 16.5 Å². The second-order valence-electron chi connectivity index (χ2n) is 6.06. The lowest BCUT2D eigenvalue weighted by Crippen LogP contribution is -2.38. The number of anilines is 1. The van der Waals surface area contributed by atoms with Crippen molar-refractivity contribution in [2.24, 2.45) is 5.92 Å². The molecule has 0 fully saturated rings. The van der Waals surface area contributed by atoms with Gasteiger partial charge < -0.3 is 15.1 Å². The Kier molecular flexibility index (Phi) is 2.85. The third kappa shape index (κ3) is 2.07. The Hall–Kier alpha value is -1.75. The number of aryl methyl sites for hydroxylation is 1. The van der Waals surface area contributed by atoms with E-state index in [2.05, 4.69) is 17.6 Å². The lowest BCUT2D eigenvalue weighted by atomic mass is 9.88. The van der Waals surface area contributed by atoms with Crippen LogP contribution in [-0.2, 0) is 12.8 Å². The highest BCUT2D eigenvalue weighted by atomic mass is 32.1. The molecule has 21 heavy (non-hydrogen) atoms. The van der Waals surface area contributed by atoms with E-state index in [9.17, 15) is 4.79 Å². The van der Waals surface area contributed by atoms with Crippen LogP contribution in [0.5, 0.6) is 0 Å². The summed E-state index contributed by atoms with van der Waals surface area (Å²) in [4.78, 5) is 13.9. The van der Waals surface area contributed by atoms with E-state index in [0.717, 1.165) is 34.9 Å². The van der Waals surface area contributed by atoms with Crippen LogP contribution in [0.15, 0.2) is 16.5 Å². The van der Waals surface area contributed by atoms with Gasteiger partial charge in [0, 0.05) is 4.88 Å². The normalized spacial score (nSPS) is 24.0. The molecule has 110 valence electrons. The number of hydrogen-bond donors (Lipinski definition) is 2. The van der Waals surface area contributed by atoms with E-state index in [1.54, 1.807) is 11.3 Å². The van der Waals surface area contributed by atoms with Crippen molar-refractivity contribution in [3.63, 3.8) is 0 Å². The van der Waals surface area contributed by atoms with Crippen LogP contribution in [0.4, 0.5) is 5.00 Å². The summed E-state index contributed by atoms with van der Waals surface area (Å²) in [5.74, 6) is 2.34. The van der Waals surface area contributed by atoms with Crippen molar-refractivity contribution in [1.82, 2.24) is 5.32 Å². The number of nitrogens with one attached hydrogen (secondary N) is 2. The molecule has 2 aliphatic rings. The first kappa shape index (κ1) is 13.0. The van der Waals surface area contributed by atoms with Crippen molar-refractivity contribution in [3.8, 4) is 0 Å². The van der Waals surface area contributed by atoms with Gasteiger partial charge in [-0.1, -0.05) is 6.92 Å². The number of carbonyl (C=O) groups excluding carboxylic acids is 1. The van der Waals surface area contributed by atoms with Gasteiger partial charge in [-0.15, -0.1) is 11.3 Å². The molecule has 0 saturated heterocycles. The second kappa shape index (κ2) is 4.63. The topological polar surface area (TPSA) is 54.3 Å². The molecule has 0 bridgehead atoms. The van der Waals surface area contributed by atoms with E-state index in [4.69, 9.17) is 4.42 Å². The maximum absolute atomic E-state index is 12.5. The molecule has 1 amide bonds. The summed E-state index contributed by atoms with van der Waals surface area (Å²) in [7, 11) is 0. The van der Waals surface area contributed by atoms with Gasteiger partial charge in [-0.25, -0.2) is 0 Å². The first-order valence-electron chi connectivity index (χ1n) is 7.40. The summed E-state index contributed by atoms with van der Waals surface area (Å²) >= 11 is 1.74. The van der Waals surface area contributed by atoms with Crippen LogP contribution >= 0.6 is 11.3 Å². The number of carbonyl (C=O) groups is 1. The Bertz CT molecular complexity index is 716. The Morgan fingerprint density at radius 3 is 2.95 bits per heavy atom. The highest BCUT2D eigenvalue weighted by Crippen LogP contribution is 2.42. The van der Waals surface area contributed by atoms with Crippen molar-refractivity contribution in [2.45, 2.75) is 39.3 Å².